The fourth-order valence-corrected chi connectivity index (χ4v) is 4.40. The first-order valence-electron chi connectivity index (χ1n) is 10.4. The molecule has 0 spiro atoms. The number of anilines is 1. The molecular weight excluding hydrogens is 416 g/mol. The maximum absolute atomic E-state index is 5.96. The highest BCUT2D eigenvalue weighted by molar-refractivity contribution is 7.08. The molecule has 3 heterocycles. The lowest BCUT2D eigenvalue weighted by Crippen LogP contribution is -1.99. The van der Waals surface area contributed by atoms with Gasteiger partial charge in [-0.1, -0.05) is 18.2 Å². The van der Waals surface area contributed by atoms with Crippen molar-refractivity contribution in [3.05, 3.63) is 88.9 Å². The normalized spacial score (nSPS) is 10.9. The van der Waals surface area contributed by atoms with Gasteiger partial charge in [0.25, 0.3) is 0 Å². The lowest BCUT2D eigenvalue weighted by molar-refractivity contribution is 0.306. The smallest absolute Gasteiger partial charge is 0.163 e. The summed E-state index contributed by atoms with van der Waals surface area (Å²) < 4.78 is 5.96. The predicted octanol–water partition coefficient (Wildman–Crippen LogP) is 6.35. The molecule has 0 aliphatic carbocycles. The van der Waals surface area contributed by atoms with E-state index in [4.69, 9.17) is 14.7 Å². The van der Waals surface area contributed by atoms with Crippen molar-refractivity contribution in [3.63, 3.8) is 0 Å². The molecule has 0 amide bonds. The molecule has 2 aromatic carbocycles. The van der Waals surface area contributed by atoms with Gasteiger partial charge < -0.3 is 10.1 Å². The van der Waals surface area contributed by atoms with Crippen LogP contribution in [0.5, 0.6) is 5.75 Å². The van der Waals surface area contributed by atoms with E-state index in [0.29, 0.717) is 12.4 Å². The molecule has 0 bridgehead atoms. The Hall–Kier alpha value is -3.77. The van der Waals surface area contributed by atoms with Crippen LogP contribution in [0.2, 0.25) is 0 Å². The van der Waals surface area contributed by atoms with Crippen LogP contribution in [0.25, 0.3) is 33.4 Å². The summed E-state index contributed by atoms with van der Waals surface area (Å²) in [6.45, 7) is 2.70. The van der Waals surface area contributed by atoms with Gasteiger partial charge in [0.05, 0.1) is 5.52 Å². The Kier molecular flexibility index (Phi) is 5.52. The van der Waals surface area contributed by atoms with Crippen molar-refractivity contribution in [2.24, 2.45) is 0 Å². The quantitative estimate of drug-likeness (QED) is 0.335. The van der Waals surface area contributed by atoms with Crippen molar-refractivity contribution in [3.8, 4) is 28.3 Å². The molecule has 32 heavy (non-hydrogen) atoms. The van der Waals surface area contributed by atoms with Crippen LogP contribution in [-0.4, -0.2) is 22.0 Å². The van der Waals surface area contributed by atoms with Crippen LogP contribution in [0, 0.1) is 6.92 Å². The fourth-order valence-electron chi connectivity index (χ4n) is 3.56. The molecule has 0 radical (unpaired) electrons. The summed E-state index contributed by atoms with van der Waals surface area (Å²) in [7, 11) is 1.88. The maximum Gasteiger partial charge on any atom is 0.163 e. The van der Waals surface area contributed by atoms with Gasteiger partial charge in [-0.2, -0.15) is 11.3 Å². The van der Waals surface area contributed by atoms with E-state index in [0.717, 1.165) is 39.2 Å². The maximum atomic E-state index is 5.96. The van der Waals surface area contributed by atoms with Crippen molar-refractivity contribution >= 4 is 28.1 Å². The van der Waals surface area contributed by atoms with Gasteiger partial charge in [-0.25, -0.2) is 9.97 Å². The van der Waals surface area contributed by atoms with Gasteiger partial charge in [0, 0.05) is 36.0 Å². The van der Waals surface area contributed by atoms with E-state index in [2.05, 4.69) is 52.3 Å². The summed E-state index contributed by atoms with van der Waals surface area (Å²) in [5.74, 6) is 2.31. The number of hydrogen-bond donors (Lipinski definition) is 1. The minimum absolute atomic E-state index is 0.590. The molecule has 0 saturated carbocycles. The van der Waals surface area contributed by atoms with E-state index in [1.165, 1.54) is 11.1 Å². The van der Waals surface area contributed by atoms with Crippen molar-refractivity contribution in [2.45, 2.75) is 13.5 Å². The second kappa shape index (κ2) is 8.77. The molecule has 5 aromatic rings. The van der Waals surface area contributed by atoms with Crippen LogP contribution in [-0.2, 0) is 6.61 Å². The Morgan fingerprint density at radius 3 is 2.50 bits per heavy atom. The number of benzene rings is 2. The number of rotatable bonds is 6. The summed E-state index contributed by atoms with van der Waals surface area (Å²) >= 11 is 1.71. The van der Waals surface area contributed by atoms with Gasteiger partial charge in [-0.3, -0.25) is 4.98 Å². The molecule has 1 N–H and O–H groups in total. The number of nitrogens with zero attached hydrogens (tertiary/aromatic N) is 3. The minimum Gasteiger partial charge on any atom is -0.489 e. The Morgan fingerprint density at radius 1 is 0.938 bits per heavy atom. The van der Waals surface area contributed by atoms with Crippen LogP contribution in [0.15, 0.2) is 77.8 Å². The highest BCUT2D eigenvalue weighted by Crippen LogP contribution is 2.30. The third kappa shape index (κ3) is 4.05. The summed E-state index contributed by atoms with van der Waals surface area (Å²) in [4.78, 5) is 13.6. The van der Waals surface area contributed by atoms with Gasteiger partial charge in [-0.15, -0.1) is 0 Å². The molecule has 0 fully saturated rings. The van der Waals surface area contributed by atoms with Gasteiger partial charge in [0.1, 0.15) is 18.2 Å². The molecule has 158 valence electrons. The molecule has 0 aliphatic heterocycles. The molecule has 0 atom stereocenters. The fraction of sp³-hybridized carbons (Fsp3) is 0.115. The average Bonchev–Trinajstić information content (AvgIpc) is 3.27. The first-order chi connectivity index (χ1) is 15.7. The number of ether oxygens (including phenoxy) is 1. The molecule has 5 rings (SSSR count). The number of hydrogen-bond acceptors (Lipinski definition) is 6. The minimum atomic E-state index is 0.590. The SMILES string of the molecule is CNc1nc(-c2cccnc2)nc2ccc(-c3ccc(OCc4cscc4C)cc3)cc12. The predicted molar refractivity (Wildman–Crippen MR) is 131 cm³/mol. The number of pyridine rings is 1. The van der Waals surface area contributed by atoms with Crippen LogP contribution in [0.4, 0.5) is 5.82 Å². The largest absolute Gasteiger partial charge is 0.489 e. The molecule has 6 heteroatoms. The average molecular weight is 439 g/mol. The Balaban J connectivity index is 1.42. The van der Waals surface area contributed by atoms with Crippen LogP contribution in [0.3, 0.4) is 0 Å². The molecule has 3 aromatic heterocycles. The number of nitrogens with one attached hydrogen (secondary N) is 1. The van der Waals surface area contributed by atoms with Crippen molar-refractivity contribution in [1.29, 1.82) is 0 Å². The van der Waals surface area contributed by atoms with E-state index in [1.54, 1.807) is 23.7 Å². The Bertz CT molecular complexity index is 1360. The van der Waals surface area contributed by atoms with Gasteiger partial charge in [-0.05, 0) is 70.8 Å². The third-order valence-electron chi connectivity index (χ3n) is 5.40. The highest BCUT2D eigenvalue weighted by atomic mass is 32.1. The monoisotopic (exact) mass is 438 g/mol. The highest BCUT2D eigenvalue weighted by Gasteiger charge is 2.10. The summed E-state index contributed by atoms with van der Waals surface area (Å²) in [6, 6.07) is 18.3. The number of aryl methyl sites for hydroxylation is 1. The lowest BCUT2D eigenvalue weighted by Gasteiger charge is -2.11. The first kappa shape index (κ1) is 20.2. The molecule has 0 saturated heterocycles. The van der Waals surface area contributed by atoms with Crippen molar-refractivity contribution in [2.75, 3.05) is 12.4 Å². The molecular formula is C26H22N4OS. The third-order valence-corrected chi connectivity index (χ3v) is 6.31. The zero-order valence-electron chi connectivity index (χ0n) is 17.9. The summed E-state index contributed by atoms with van der Waals surface area (Å²) in [6.07, 6.45) is 3.52. The van der Waals surface area contributed by atoms with Crippen molar-refractivity contribution in [1.82, 2.24) is 15.0 Å². The second-order valence-electron chi connectivity index (χ2n) is 7.51. The van der Waals surface area contributed by atoms with E-state index >= 15 is 0 Å². The van der Waals surface area contributed by atoms with E-state index in [1.807, 2.05) is 37.4 Å². The zero-order valence-corrected chi connectivity index (χ0v) is 18.7. The van der Waals surface area contributed by atoms with Gasteiger partial charge >= 0.3 is 0 Å². The van der Waals surface area contributed by atoms with E-state index in [9.17, 15) is 0 Å². The van der Waals surface area contributed by atoms with Crippen LogP contribution < -0.4 is 10.1 Å². The first-order valence-corrected chi connectivity index (χ1v) is 11.3. The Morgan fingerprint density at radius 2 is 1.78 bits per heavy atom. The molecule has 5 nitrogen and oxygen atoms in total. The van der Waals surface area contributed by atoms with Gasteiger partial charge in [0.2, 0.25) is 0 Å². The topological polar surface area (TPSA) is 59.9 Å². The van der Waals surface area contributed by atoms with E-state index < -0.39 is 0 Å². The van der Waals surface area contributed by atoms with Crippen molar-refractivity contribution < 1.29 is 4.74 Å². The van der Waals surface area contributed by atoms with Crippen LogP contribution in [0.1, 0.15) is 11.1 Å². The molecule has 0 unspecified atom stereocenters. The number of aromatic nitrogens is 3. The lowest BCUT2D eigenvalue weighted by atomic mass is 10.0. The summed E-state index contributed by atoms with van der Waals surface area (Å²) in [5, 5.41) is 8.47. The zero-order chi connectivity index (χ0) is 21.9. The number of thiophene rings is 1. The number of fused-ring (bicyclic) bond motifs is 1. The summed E-state index contributed by atoms with van der Waals surface area (Å²) in [5.41, 5.74) is 6.51. The molecule has 0 aliphatic rings. The van der Waals surface area contributed by atoms with Gasteiger partial charge in [0.15, 0.2) is 5.82 Å². The Labute approximate surface area is 190 Å². The second-order valence-corrected chi connectivity index (χ2v) is 8.26. The van der Waals surface area contributed by atoms with Crippen LogP contribution >= 0.6 is 11.3 Å². The standard InChI is InChI=1S/C26H22N4OS/c1-17-15-32-16-21(17)14-31-22-8-5-18(6-9-22)19-7-10-24-23(12-19)26(27-2)30-25(29-24)20-4-3-11-28-13-20/h3-13,15-16H,14H2,1-2H3,(H,27,29,30). The van der Waals surface area contributed by atoms with E-state index in [-0.39, 0.29) is 0 Å².